The highest BCUT2D eigenvalue weighted by Gasteiger charge is 2.06. The zero-order valence-corrected chi connectivity index (χ0v) is 19.3. The van der Waals surface area contributed by atoms with E-state index in [1.54, 1.807) is 0 Å². The Hall–Kier alpha value is -0.330. The molecule has 1 atom stereocenters. The summed E-state index contributed by atoms with van der Waals surface area (Å²) < 4.78 is 12.0. The maximum absolute atomic E-state index is 10.0. The lowest BCUT2D eigenvalue weighted by Crippen LogP contribution is -2.39. The van der Waals surface area contributed by atoms with Crippen LogP contribution >= 0.6 is 46.6 Å². The molecule has 0 aliphatic carbocycles. The van der Waals surface area contributed by atoms with E-state index in [-0.39, 0.29) is 37.1 Å². The molecule has 0 bridgehead atoms. The molecule has 1 rings (SSSR count). The number of nitrogens with zero attached hydrogens (tertiary/aromatic N) is 1. The SMILES string of the molecule is CCNC(=NCC(O)COc1ccc(I)cc1)NCCCOCC.I. The lowest BCUT2D eigenvalue weighted by molar-refractivity contribution is 0.114. The minimum Gasteiger partial charge on any atom is -0.491 e. The zero-order valence-electron chi connectivity index (χ0n) is 14.8. The molecule has 3 N–H and O–H groups in total. The van der Waals surface area contributed by atoms with Gasteiger partial charge in [0.15, 0.2) is 5.96 Å². The smallest absolute Gasteiger partial charge is 0.191 e. The summed E-state index contributed by atoms with van der Waals surface area (Å²) in [6.45, 7) is 7.51. The first-order chi connectivity index (χ1) is 11.7. The number of ether oxygens (including phenoxy) is 2. The molecule has 1 aromatic carbocycles. The summed E-state index contributed by atoms with van der Waals surface area (Å²) in [5, 5.41) is 16.4. The van der Waals surface area contributed by atoms with Crippen molar-refractivity contribution in [1.82, 2.24) is 10.6 Å². The van der Waals surface area contributed by atoms with E-state index in [0.29, 0.717) is 5.96 Å². The van der Waals surface area contributed by atoms with E-state index >= 15 is 0 Å². The minimum atomic E-state index is -0.650. The summed E-state index contributed by atoms with van der Waals surface area (Å²) in [7, 11) is 0. The van der Waals surface area contributed by atoms with Gasteiger partial charge in [-0.3, -0.25) is 4.99 Å². The second kappa shape index (κ2) is 15.9. The molecule has 0 radical (unpaired) electrons. The molecule has 144 valence electrons. The van der Waals surface area contributed by atoms with Gasteiger partial charge in [0.1, 0.15) is 18.5 Å². The Morgan fingerprint density at radius 1 is 1.24 bits per heavy atom. The van der Waals surface area contributed by atoms with Crippen molar-refractivity contribution in [1.29, 1.82) is 0 Å². The van der Waals surface area contributed by atoms with E-state index in [1.165, 1.54) is 0 Å². The normalized spacial score (nSPS) is 12.2. The molecule has 6 nitrogen and oxygen atoms in total. The summed E-state index contributed by atoms with van der Waals surface area (Å²) in [5.41, 5.74) is 0. The van der Waals surface area contributed by atoms with Crippen molar-refractivity contribution in [2.24, 2.45) is 4.99 Å². The quantitative estimate of drug-likeness (QED) is 0.163. The monoisotopic (exact) mass is 577 g/mol. The molecule has 0 saturated carbocycles. The van der Waals surface area contributed by atoms with Crippen molar-refractivity contribution >= 4 is 52.5 Å². The first-order valence-corrected chi connectivity index (χ1v) is 9.40. The number of aliphatic hydroxyl groups is 1. The molecule has 0 saturated heterocycles. The number of aliphatic imine (C=N–C) groups is 1. The van der Waals surface area contributed by atoms with Crippen LogP contribution in [0.4, 0.5) is 0 Å². The summed E-state index contributed by atoms with van der Waals surface area (Å²) in [6.07, 6.45) is 0.264. The highest BCUT2D eigenvalue weighted by atomic mass is 127. The van der Waals surface area contributed by atoms with Crippen LogP contribution in [-0.2, 0) is 4.74 Å². The van der Waals surface area contributed by atoms with Crippen LogP contribution in [0.2, 0.25) is 0 Å². The van der Waals surface area contributed by atoms with Crippen molar-refractivity contribution in [3.63, 3.8) is 0 Å². The van der Waals surface area contributed by atoms with Gasteiger partial charge < -0.3 is 25.2 Å². The van der Waals surface area contributed by atoms with Crippen LogP contribution in [-0.4, -0.2) is 56.6 Å². The van der Waals surface area contributed by atoms with E-state index < -0.39 is 6.10 Å². The number of nitrogens with one attached hydrogen (secondary N) is 2. The first-order valence-electron chi connectivity index (χ1n) is 8.32. The van der Waals surface area contributed by atoms with E-state index in [2.05, 4.69) is 38.2 Å². The van der Waals surface area contributed by atoms with E-state index in [1.807, 2.05) is 38.1 Å². The molecule has 25 heavy (non-hydrogen) atoms. The Morgan fingerprint density at radius 3 is 2.60 bits per heavy atom. The van der Waals surface area contributed by atoms with Gasteiger partial charge >= 0.3 is 0 Å². The Balaban J connectivity index is 0.00000576. The topological polar surface area (TPSA) is 75.1 Å². The number of aliphatic hydroxyl groups excluding tert-OH is 1. The third kappa shape index (κ3) is 12.6. The lowest BCUT2D eigenvalue weighted by Gasteiger charge is -2.14. The van der Waals surface area contributed by atoms with E-state index in [0.717, 1.165) is 42.0 Å². The van der Waals surface area contributed by atoms with Gasteiger partial charge in [-0.1, -0.05) is 0 Å². The third-order valence-corrected chi connectivity index (χ3v) is 3.74. The van der Waals surface area contributed by atoms with E-state index in [9.17, 15) is 5.11 Å². The number of guanidine groups is 1. The van der Waals surface area contributed by atoms with Crippen LogP contribution in [0.25, 0.3) is 0 Å². The number of rotatable bonds is 11. The Kier molecular flexibility index (Phi) is 15.7. The Labute approximate surface area is 181 Å². The summed E-state index contributed by atoms with van der Waals surface area (Å²) in [4.78, 5) is 4.38. The molecule has 0 amide bonds. The van der Waals surface area contributed by atoms with E-state index in [4.69, 9.17) is 9.47 Å². The fourth-order valence-corrected chi connectivity index (χ4v) is 2.20. The van der Waals surface area contributed by atoms with Crippen LogP contribution in [0.5, 0.6) is 5.75 Å². The average Bonchev–Trinajstić information content (AvgIpc) is 2.59. The van der Waals surface area contributed by atoms with Gasteiger partial charge in [-0.15, -0.1) is 24.0 Å². The van der Waals surface area contributed by atoms with Crippen LogP contribution in [0.3, 0.4) is 0 Å². The predicted octanol–water partition coefficient (Wildman–Crippen LogP) is 2.63. The average molecular weight is 577 g/mol. The molecule has 1 aromatic rings. The fraction of sp³-hybridized carbons (Fsp3) is 0.588. The van der Waals surface area contributed by atoms with Gasteiger partial charge in [0.2, 0.25) is 0 Å². The molecule has 0 aromatic heterocycles. The van der Waals surface area contributed by atoms with Crippen molar-refractivity contribution in [3.05, 3.63) is 27.8 Å². The predicted molar refractivity (Wildman–Crippen MR) is 121 cm³/mol. The number of halogens is 2. The molecule has 0 fully saturated rings. The van der Waals surface area contributed by atoms with Crippen molar-refractivity contribution in [3.8, 4) is 5.75 Å². The number of benzene rings is 1. The first kappa shape index (κ1) is 24.7. The molecule has 0 aliphatic heterocycles. The van der Waals surface area contributed by atoms with Crippen LogP contribution < -0.4 is 15.4 Å². The van der Waals surface area contributed by atoms with Crippen molar-refractivity contribution < 1.29 is 14.6 Å². The van der Waals surface area contributed by atoms with Gasteiger partial charge in [-0.25, -0.2) is 0 Å². The largest absolute Gasteiger partial charge is 0.491 e. The van der Waals surface area contributed by atoms with Gasteiger partial charge in [0, 0.05) is 29.9 Å². The Morgan fingerprint density at radius 2 is 1.96 bits per heavy atom. The lowest BCUT2D eigenvalue weighted by atomic mass is 10.3. The van der Waals surface area contributed by atoms with Gasteiger partial charge in [0.25, 0.3) is 0 Å². The summed E-state index contributed by atoms with van der Waals surface area (Å²) in [6, 6.07) is 7.72. The number of hydrogen-bond acceptors (Lipinski definition) is 4. The van der Waals surface area contributed by atoms with Gasteiger partial charge in [-0.05, 0) is 67.1 Å². The maximum atomic E-state index is 10.0. The molecule has 1 unspecified atom stereocenters. The summed E-state index contributed by atoms with van der Waals surface area (Å²) in [5.74, 6) is 1.45. The van der Waals surface area contributed by atoms with Gasteiger partial charge in [0.05, 0.1) is 6.54 Å². The molecule has 8 heteroatoms. The standard InChI is InChI=1S/C17H28IN3O3.HI/c1-3-19-17(20-10-5-11-23-4-2)21-12-15(22)13-24-16-8-6-14(18)7-9-16;/h6-9,15,22H,3-5,10-13H2,1-2H3,(H2,19,20,21);1H. The highest BCUT2D eigenvalue weighted by molar-refractivity contribution is 14.1. The second-order valence-corrected chi connectivity index (χ2v) is 6.36. The third-order valence-electron chi connectivity index (χ3n) is 3.02. The molecule has 0 heterocycles. The zero-order chi connectivity index (χ0) is 17.6. The number of hydrogen-bond donors (Lipinski definition) is 3. The summed E-state index contributed by atoms with van der Waals surface area (Å²) >= 11 is 2.24. The molecular weight excluding hydrogens is 548 g/mol. The van der Waals surface area contributed by atoms with Crippen LogP contribution in [0.15, 0.2) is 29.3 Å². The Bertz CT molecular complexity index is 473. The molecule has 0 aliphatic rings. The van der Waals surface area contributed by atoms with Gasteiger partial charge in [-0.2, -0.15) is 0 Å². The van der Waals surface area contributed by atoms with Crippen molar-refractivity contribution in [2.75, 3.05) is 39.5 Å². The molecule has 0 spiro atoms. The highest BCUT2D eigenvalue weighted by Crippen LogP contribution is 2.13. The fourth-order valence-electron chi connectivity index (χ4n) is 1.84. The van der Waals surface area contributed by atoms with Crippen molar-refractivity contribution in [2.45, 2.75) is 26.4 Å². The van der Waals surface area contributed by atoms with Crippen LogP contribution in [0.1, 0.15) is 20.3 Å². The molecular formula is C17H29I2N3O3. The minimum absolute atomic E-state index is 0. The van der Waals surface area contributed by atoms with Crippen LogP contribution in [0, 0.1) is 3.57 Å². The second-order valence-electron chi connectivity index (χ2n) is 5.12. The maximum Gasteiger partial charge on any atom is 0.191 e.